The van der Waals surface area contributed by atoms with Gasteiger partial charge in [0.15, 0.2) is 0 Å². The van der Waals surface area contributed by atoms with Gasteiger partial charge in [-0.3, -0.25) is 0 Å². The molecule has 2 rings (SSSR count). The molecule has 1 aromatic carbocycles. The molecule has 0 atom stereocenters. The number of carboxylic acids is 2. The molecule has 152 valence electrons. The molecule has 1 aliphatic heterocycles. The quantitative estimate of drug-likeness (QED) is 0.554. The van der Waals surface area contributed by atoms with E-state index in [2.05, 4.69) is 48.8 Å². The van der Waals surface area contributed by atoms with Crippen LogP contribution in [0.5, 0.6) is 5.75 Å². The number of piperazine rings is 1. The maximum absolute atomic E-state index is 9.10. The molecule has 27 heavy (non-hydrogen) atoms. The second kappa shape index (κ2) is 12.3. The molecule has 7 nitrogen and oxygen atoms in total. The highest BCUT2D eigenvalue weighted by molar-refractivity contribution is 6.27. The lowest BCUT2D eigenvalue weighted by atomic mass is 10.1. The fraction of sp³-hybridized carbons (Fsp3) is 0.600. The van der Waals surface area contributed by atoms with Crippen molar-refractivity contribution in [3.8, 4) is 5.75 Å². The molecule has 1 saturated heterocycles. The van der Waals surface area contributed by atoms with Crippen LogP contribution >= 0.6 is 0 Å². The standard InChI is InChI=1S/C18H30N2O.C2H2O4/c1-4-19-10-12-20(13-11-19)9-5-6-14-21-18-8-7-16(2)15-17(18)3;3-1(4)2(5)6/h7-8,15H,4-6,9-14H2,1-3H3;(H,3,4)(H,5,6). The predicted molar refractivity (Wildman–Crippen MR) is 104 cm³/mol. The number of aliphatic carboxylic acids is 2. The minimum absolute atomic E-state index is 0.832. The van der Waals surface area contributed by atoms with Crippen LogP contribution < -0.4 is 4.74 Å². The Morgan fingerprint density at radius 3 is 2.11 bits per heavy atom. The van der Waals surface area contributed by atoms with Crippen molar-refractivity contribution in [1.82, 2.24) is 9.80 Å². The zero-order valence-electron chi connectivity index (χ0n) is 16.6. The van der Waals surface area contributed by atoms with Gasteiger partial charge in [0.2, 0.25) is 0 Å². The van der Waals surface area contributed by atoms with Crippen molar-refractivity contribution < 1.29 is 24.5 Å². The summed E-state index contributed by atoms with van der Waals surface area (Å²) < 4.78 is 5.89. The maximum atomic E-state index is 9.10. The van der Waals surface area contributed by atoms with Crippen molar-refractivity contribution in [2.45, 2.75) is 33.6 Å². The summed E-state index contributed by atoms with van der Waals surface area (Å²) >= 11 is 0. The lowest BCUT2D eigenvalue weighted by molar-refractivity contribution is -0.159. The van der Waals surface area contributed by atoms with Gasteiger partial charge in [-0.2, -0.15) is 0 Å². The van der Waals surface area contributed by atoms with Crippen LogP contribution in [0.1, 0.15) is 30.9 Å². The number of unbranched alkanes of at least 4 members (excludes halogenated alkanes) is 1. The van der Waals surface area contributed by atoms with Gasteiger partial charge >= 0.3 is 11.9 Å². The molecule has 1 aromatic rings. The lowest BCUT2D eigenvalue weighted by Gasteiger charge is -2.33. The summed E-state index contributed by atoms with van der Waals surface area (Å²) in [7, 11) is 0. The van der Waals surface area contributed by atoms with Gasteiger partial charge in [0.25, 0.3) is 0 Å². The molecular formula is C20H32N2O5. The number of nitrogens with zero attached hydrogens (tertiary/aromatic N) is 2. The van der Waals surface area contributed by atoms with Crippen molar-refractivity contribution in [3.63, 3.8) is 0 Å². The largest absolute Gasteiger partial charge is 0.493 e. The molecule has 0 aromatic heterocycles. The average Bonchev–Trinajstić information content (AvgIpc) is 2.64. The van der Waals surface area contributed by atoms with Crippen LogP contribution in [-0.4, -0.2) is 77.8 Å². The summed E-state index contributed by atoms with van der Waals surface area (Å²) in [6, 6.07) is 6.40. The van der Waals surface area contributed by atoms with E-state index < -0.39 is 11.9 Å². The minimum atomic E-state index is -1.82. The number of ether oxygens (including phenoxy) is 1. The van der Waals surface area contributed by atoms with Gasteiger partial charge in [0, 0.05) is 26.2 Å². The van der Waals surface area contributed by atoms with Gasteiger partial charge < -0.3 is 24.7 Å². The van der Waals surface area contributed by atoms with Crippen LogP contribution in [0.3, 0.4) is 0 Å². The topological polar surface area (TPSA) is 90.3 Å². The van der Waals surface area contributed by atoms with Crippen molar-refractivity contribution in [3.05, 3.63) is 29.3 Å². The highest BCUT2D eigenvalue weighted by atomic mass is 16.5. The maximum Gasteiger partial charge on any atom is 0.414 e. The van der Waals surface area contributed by atoms with Gasteiger partial charge in [0.1, 0.15) is 5.75 Å². The van der Waals surface area contributed by atoms with E-state index in [9.17, 15) is 0 Å². The Bertz CT molecular complexity index is 586. The van der Waals surface area contributed by atoms with E-state index in [-0.39, 0.29) is 0 Å². The van der Waals surface area contributed by atoms with Crippen LogP contribution in [0, 0.1) is 13.8 Å². The van der Waals surface area contributed by atoms with E-state index in [4.69, 9.17) is 24.5 Å². The molecule has 0 spiro atoms. The molecule has 0 unspecified atom stereocenters. The van der Waals surface area contributed by atoms with Crippen LogP contribution in [0.4, 0.5) is 0 Å². The highest BCUT2D eigenvalue weighted by Crippen LogP contribution is 2.18. The van der Waals surface area contributed by atoms with Gasteiger partial charge in [0.05, 0.1) is 6.61 Å². The van der Waals surface area contributed by atoms with Gasteiger partial charge in [-0.05, 0) is 51.4 Å². The number of likely N-dealkylation sites (N-methyl/N-ethyl adjacent to an activating group) is 1. The van der Waals surface area contributed by atoms with Crippen LogP contribution in [-0.2, 0) is 9.59 Å². The Kier molecular flexibility index (Phi) is 10.4. The number of carbonyl (C=O) groups is 2. The molecule has 0 bridgehead atoms. The number of hydrogen-bond donors (Lipinski definition) is 2. The predicted octanol–water partition coefficient (Wildman–Crippen LogP) is 2.26. The fourth-order valence-electron chi connectivity index (χ4n) is 2.91. The normalized spacial score (nSPS) is 14.9. The Hall–Kier alpha value is -2.12. The zero-order chi connectivity index (χ0) is 20.2. The van der Waals surface area contributed by atoms with Crippen molar-refractivity contribution in [2.24, 2.45) is 0 Å². The van der Waals surface area contributed by atoms with E-state index in [1.54, 1.807) is 0 Å². The van der Waals surface area contributed by atoms with Gasteiger partial charge in [-0.1, -0.05) is 24.6 Å². The van der Waals surface area contributed by atoms with E-state index in [0.717, 1.165) is 18.8 Å². The van der Waals surface area contributed by atoms with Gasteiger partial charge in [-0.15, -0.1) is 0 Å². The molecule has 1 aliphatic rings. The summed E-state index contributed by atoms with van der Waals surface area (Å²) in [5.41, 5.74) is 2.54. The molecule has 0 radical (unpaired) electrons. The summed E-state index contributed by atoms with van der Waals surface area (Å²) in [4.78, 5) is 23.3. The monoisotopic (exact) mass is 380 g/mol. The van der Waals surface area contributed by atoms with Crippen LogP contribution in [0.15, 0.2) is 18.2 Å². The SMILES string of the molecule is CCN1CCN(CCCCOc2ccc(C)cc2C)CC1.O=C(O)C(=O)O. The van der Waals surface area contributed by atoms with E-state index in [0.29, 0.717) is 0 Å². The second-order valence-electron chi connectivity index (χ2n) is 6.71. The number of carboxylic acid groups (broad SMARTS) is 2. The van der Waals surface area contributed by atoms with Crippen molar-refractivity contribution in [2.75, 3.05) is 45.9 Å². The molecule has 1 heterocycles. The molecule has 7 heteroatoms. The Morgan fingerprint density at radius 2 is 1.59 bits per heavy atom. The highest BCUT2D eigenvalue weighted by Gasteiger charge is 2.14. The van der Waals surface area contributed by atoms with E-state index >= 15 is 0 Å². The first-order chi connectivity index (χ1) is 12.8. The Labute approximate surface area is 161 Å². The first kappa shape index (κ1) is 22.9. The van der Waals surface area contributed by atoms with Crippen molar-refractivity contribution in [1.29, 1.82) is 0 Å². The number of aryl methyl sites for hydroxylation is 2. The first-order valence-corrected chi connectivity index (χ1v) is 9.44. The number of hydrogen-bond acceptors (Lipinski definition) is 5. The molecule has 0 aliphatic carbocycles. The fourth-order valence-corrected chi connectivity index (χ4v) is 2.91. The third-order valence-corrected chi connectivity index (χ3v) is 4.55. The Balaban J connectivity index is 0.000000527. The number of rotatable bonds is 7. The molecule has 0 saturated carbocycles. The van der Waals surface area contributed by atoms with Crippen molar-refractivity contribution >= 4 is 11.9 Å². The first-order valence-electron chi connectivity index (χ1n) is 9.44. The third kappa shape index (κ3) is 9.40. The molecule has 0 amide bonds. The molecule has 2 N–H and O–H groups in total. The van der Waals surface area contributed by atoms with Crippen LogP contribution in [0.2, 0.25) is 0 Å². The summed E-state index contributed by atoms with van der Waals surface area (Å²) in [5.74, 6) is -2.61. The van der Waals surface area contributed by atoms with Gasteiger partial charge in [-0.25, -0.2) is 9.59 Å². The summed E-state index contributed by atoms with van der Waals surface area (Å²) in [6.45, 7) is 14.7. The minimum Gasteiger partial charge on any atom is -0.493 e. The molecular weight excluding hydrogens is 348 g/mol. The van der Waals surface area contributed by atoms with E-state index in [1.165, 1.54) is 56.8 Å². The number of benzene rings is 1. The smallest absolute Gasteiger partial charge is 0.414 e. The lowest BCUT2D eigenvalue weighted by Crippen LogP contribution is -2.46. The average molecular weight is 380 g/mol. The molecule has 1 fully saturated rings. The van der Waals surface area contributed by atoms with Crippen LogP contribution in [0.25, 0.3) is 0 Å². The third-order valence-electron chi connectivity index (χ3n) is 4.55. The Morgan fingerprint density at radius 1 is 1.00 bits per heavy atom. The second-order valence-corrected chi connectivity index (χ2v) is 6.71. The summed E-state index contributed by atoms with van der Waals surface area (Å²) in [6.07, 6.45) is 2.37. The van der Waals surface area contributed by atoms with E-state index in [1.807, 2.05) is 0 Å². The summed E-state index contributed by atoms with van der Waals surface area (Å²) in [5, 5.41) is 14.8. The zero-order valence-corrected chi connectivity index (χ0v) is 16.6.